The van der Waals surface area contributed by atoms with E-state index in [4.69, 9.17) is 9.97 Å². The third-order valence-electron chi connectivity index (χ3n) is 6.72. The van der Waals surface area contributed by atoms with E-state index in [-0.39, 0.29) is 0 Å². The van der Waals surface area contributed by atoms with E-state index < -0.39 is 0 Å². The van der Waals surface area contributed by atoms with Crippen molar-refractivity contribution in [3.8, 4) is 11.3 Å². The van der Waals surface area contributed by atoms with Gasteiger partial charge in [0.05, 0.1) is 11.2 Å². The number of hydrogen-bond donors (Lipinski definition) is 0. The zero-order valence-corrected chi connectivity index (χ0v) is 18.2. The molecule has 0 unspecified atom stereocenters. The Labute approximate surface area is 191 Å². The molecule has 0 radical (unpaired) electrons. The molecule has 0 spiro atoms. The predicted octanol–water partition coefficient (Wildman–Crippen LogP) is 8.22. The van der Waals surface area contributed by atoms with Gasteiger partial charge in [-0.3, -0.25) is 0 Å². The van der Waals surface area contributed by atoms with Crippen LogP contribution >= 0.6 is 0 Å². The molecule has 0 amide bonds. The molecule has 1 aromatic heterocycles. The molecular formula is C31H20N2. The van der Waals surface area contributed by atoms with Gasteiger partial charge in [-0.25, -0.2) is 9.97 Å². The lowest BCUT2D eigenvalue weighted by atomic mass is 9.92. The minimum atomic E-state index is 0.788. The standard InChI is InChI=1S/C31H20N2/c1-19-32-29-17-15-20-8-2-3-9-22(20)30(29)31(33-19)21-14-16-27-25-12-5-4-10-23(25)24-11-6-7-13-26(24)28(27)18-21/h2-18H,1H3. The van der Waals surface area contributed by atoms with Gasteiger partial charge in [-0.2, -0.15) is 0 Å². The minimum absolute atomic E-state index is 0.788. The highest BCUT2D eigenvalue weighted by Crippen LogP contribution is 2.38. The van der Waals surface area contributed by atoms with Crippen molar-refractivity contribution in [2.45, 2.75) is 6.92 Å². The molecule has 0 aliphatic heterocycles. The van der Waals surface area contributed by atoms with Crippen molar-refractivity contribution in [3.63, 3.8) is 0 Å². The Kier molecular flexibility index (Phi) is 3.80. The molecule has 33 heavy (non-hydrogen) atoms. The molecule has 0 fully saturated rings. The van der Waals surface area contributed by atoms with Crippen LogP contribution in [0.25, 0.3) is 65.3 Å². The van der Waals surface area contributed by atoms with E-state index in [2.05, 4.69) is 103 Å². The highest BCUT2D eigenvalue weighted by atomic mass is 14.9. The van der Waals surface area contributed by atoms with Crippen LogP contribution in [0.5, 0.6) is 0 Å². The Balaban J connectivity index is 1.64. The van der Waals surface area contributed by atoms with Crippen molar-refractivity contribution in [1.29, 1.82) is 0 Å². The number of aryl methyl sites for hydroxylation is 1. The van der Waals surface area contributed by atoms with E-state index in [0.29, 0.717) is 0 Å². The molecule has 6 aromatic carbocycles. The molecule has 0 atom stereocenters. The third kappa shape index (κ3) is 2.68. The van der Waals surface area contributed by atoms with Crippen molar-refractivity contribution in [3.05, 3.63) is 109 Å². The Morgan fingerprint density at radius 3 is 1.76 bits per heavy atom. The second-order valence-corrected chi connectivity index (χ2v) is 8.65. The monoisotopic (exact) mass is 420 g/mol. The van der Waals surface area contributed by atoms with Crippen LogP contribution in [0.1, 0.15) is 5.82 Å². The minimum Gasteiger partial charge on any atom is -0.233 e. The molecule has 7 aromatic rings. The maximum Gasteiger partial charge on any atom is 0.126 e. The van der Waals surface area contributed by atoms with Crippen LogP contribution in [0.15, 0.2) is 103 Å². The highest BCUT2D eigenvalue weighted by molar-refractivity contribution is 6.26. The van der Waals surface area contributed by atoms with Crippen molar-refractivity contribution in [1.82, 2.24) is 9.97 Å². The molecule has 2 heteroatoms. The van der Waals surface area contributed by atoms with Gasteiger partial charge in [0.1, 0.15) is 5.82 Å². The molecule has 0 saturated heterocycles. The Morgan fingerprint density at radius 1 is 0.485 bits per heavy atom. The summed E-state index contributed by atoms with van der Waals surface area (Å²) in [7, 11) is 0. The first kappa shape index (κ1) is 18.3. The largest absolute Gasteiger partial charge is 0.233 e. The van der Waals surface area contributed by atoms with E-state index in [1.165, 1.54) is 43.1 Å². The summed E-state index contributed by atoms with van der Waals surface area (Å²) in [6, 6.07) is 36.9. The molecule has 0 saturated carbocycles. The van der Waals surface area contributed by atoms with Gasteiger partial charge in [-0.15, -0.1) is 0 Å². The molecule has 0 bridgehead atoms. The van der Waals surface area contributed by atoms with Crippen molar-refractivity contribution in [2.75, 3.05) is 0 Å². The van der Waals surface area contributed by atoms with Gasteiger partial charge >= 0.3 is 0 Å². The third-order valence-corrected chi connectivity index (χ3v) is 6.72. The second kappa shape index (κ2) is 6.85. The van der Waals surface area contributed by atoms with Gasteiger partial charge in [-0.1, -0.05) is 91.0 Å². The Bertz CT molecular complexity index is 1850. The van der Waals surface area contributed by atoms with Gasteiger partial charge in [0.25, 0.3) is 0 Å². The van der Waals surface area contributed by atoms with Gasteiger partial charge in [0.2, 0.25) is 0 Å². The van der Waals surface area contributed by atoms with Crippen LogP contribution in [-0.2, 0) is 0 Å². The van der Waals surface area contributed by atoms with Crippen LogP contribution in [0, 0.1) is 6.92 Å². The van der Waals surface area contributed by atoms with Crippen LogP contribution in [0.2, 0.25) is 0 Å². The summed E-state index contributed by atoms with van der Waals surface area (Å²) >= 11 is 0. The average molecular weight is 421 g/mol. The maximum absolute atomic E-state index is 4.96. The van der Waals surface area contributed by atoms with E-state index in [0.717, 1.165) is 28.0 Å². The fourth-order valence-corrected chi connectivity index (χ4v) is 5.28. The summed E-state index contributed by atoms with van der Waals surface area (Å²) in [4.78, 5) is 9.71. The lowest BCUT2D eigenvalue weighted by Gasteiger charge is -2.14. The average Bonchev–Trinajstić information content (AvgIpc) is 2.88. The van der Waals surface area contributed by atoms with Gasteiger partial charge in [0, 0.05) is 10.9 Å². The van der Waals surface area contributed by atoms with E-state index in [1.54, 1.807) is 0 Å². The van der Waals surface area contributed by atoms with Gasteiger partial charge < -0.3 is 0 Å². The molecule has 0 aliphatic carbocycles. The number of rotatable bonds is 1. The molecule has 7 rings (SSSR count). The number of benzene rings is 6. The SMILES string of the molecule is Cc1nc(-c2ccc3c4ccccc4c4ccccc4c3c2)c2c(ccc3ccccc32)n1. The molecule has 1 heterocycles. The number of hydrogen-bond acceptors (Lipinski definition) is 2. The zero-order valence-electron chi connectivity index (χ0n) is 18.2. The lowest BCUT2D eigenvalue weighted by molar-refractivity contribution is 1.10. The molecule has 154 valence electrons. The van der Waals surface area contributed by atoms with Gasteiger partial charge in [0.15, 0.2) is 0 Å². The van der Waals surface area contributed by atoms with Crippen LogP contribution in [-0.4, -0.2) is 9.97 Å². The molecule has 2 nitrogen and oxygen atoms in total. The summed E-state index contributed by atoms with van der Waals surface area (Å²) in [5.41, 5.74) is 3.10. The van der Waals surface area contributed by atoms with Crippen LogP contribution < -0.4 is 0 Å². The van der Waals surface area contributed by atoms with Crippen molar-refractivity contribution < 1.29 is 0 Å². The summed E-state index contributed by atoms with van der Waals surface area (Å²) in [5, 5.41) is 11.2. The normalized spacial score (nSPS) is 11.8. The van der Waals surface area contributed by atoms with Crippen molar-refractivity contribution >= 4 is 54.0 Å². The van der Waals surface area contributed by atoms with E-state index >= 15 is 0 Å². The zero-order chi connectivity index (χ0) is 21.9. The van der Waals surface area contributed by atoms with E-state index in [1.807, 2.05) is 6.92 Å². The Hall–Kier alpha value is -4.30. The second-order valence-electron chi connectivity index (χ2n) is 8.65. The predicted molar refractivity (Wildman–Crippen MR) is 140 cm³/mol. The quantitative estimate of drug-likeness (QED) is 0.250. The van der Waals surface area contributed by atoms with Crippen LogP contribution in [0.3, 0.4) is 0 Å². The van der Waals surface area contributed by atoms with Crippen molar-refractivity contribution in [2.24, 2.45) is 0 Å². The summed E-state index contributed by atoms with van der Waals surface area (Å²) in [5.74, 6) is 0.788. The van der Waals surface area contributed by atoms with Crippen LogP contribution in [0.4, 0.5) is 0 Å². The number of nitrogens with zero attached hydrogens (tertiary/aromatic N) is 2. The first-order chi connectivity index (χ1) is 16.3. The lowest BCUT2D eigenvalue weighted by Crippen LogP contribution is -1.95. The summed E-state index contributed by atoms with van der Waals surface area (Å²) in [6.45, 7) is 1.97. The number of fused-ring (bicyclic) bond motifs is 9. The molecular weight excluding hydrogens is 400 g/mol. The smallest absolute Gasteiger partial charge is 0.126 e. The Morgan fingerprint density at radius 2 is 1.06 bits per heavy atom. The van der Waals surface area contributed by atoms with E-state index in [9.17, 15) is 0 Å². The topological polar surface area (TPSA) is 25.8 Å². The highest BCUT2D eigenvalue weighted by Gasteiger charge is 2.14. The molecule has 0 N–H and O–H groups in total. The molecule has 0 aliphatic rings. The first-order valence-electron chi connectivity index (χ1n) is 11.3. The maximum atomic E-state index is 4.96. The number of aromatic nitrogens is 2. The first-order valence-corrected chi connectivity index (χ1v) is 11.3. The summed E-state index contributed by atoms with van der Waals surface area (Å²) in [6.07, 6.45) is 0. The fraction of sp³-hybridized carbons (Fsp3) is 0.0323. The fourth-order valence-electron chi connectivity index (χ4n) is 5.28. The van der Waals surface area contributed by atoms with Gasteiger partial charge in [-0.05, 0) is 62.1 Å². The summed E-state index contributed by atoms with van der Waals surface area (Å²) < 4.78 is 0.